The standard InChI is InChI=1S/C20H25N9/c1-13-9-17(27-26-13)24-19-20-22-6-8-28(20)12-18(25-19)23-14-10-15-3-4-16(11-14)29(15)7-2-5-21/h6,8-9,12,14-16,23H,2-4,7,10-11H2,1H3,(H2,24,25,26,27)/t14-,15-,16?/m0/s1. The molecule has 2 fully saturated rings. The normalized spacial score (nSPS) is 23.9. The van der Waals surface area contributed by atoms with Crippen molar-refractivity contribution in [3.8, 4) is 6.07 Å². The zero-order chi connectivity index (χ0) is 19.8. The molecule has 0 saturated carbocycles. The van der Waals surface area contributed by atoms with Gasteiger partial charge in [-0.3, -0.25) is 10.00 Å². The molecule has 2 bridgehead atoms. The van der Waals surface area contributed by atoms with Crippen LogP contribution in [0.5, 0.6) is 0 Å². The molecule has 3 N–H and O–H groups in total. The number of nitrogens with one attached hydrogen (secondary N) is 3. The number of fused-ring (bicyclic) bond motifs is 3. The van der Waals surface area contributed by atoms with Crippen LogP contribution in [-0.2, 0) is 0 Å². The van der Waals surface area contributed by atoms with Crippen molar-refractivity contribution in [3.05, 3.63) is 30.4 Å². The molecule has 3 atom stereocenters. The van der Waals surface area contributed by atoms with Crippen LogP contribution in [0.25, 0.3) is 5.65 Å². The SMILES string of the molecule is Cc1cc(Nc2nc(N[C@@H]3CC4CC[C@@H](C3)N4CCC#N)cn3ccnc23)n[nH]1. The van der Waals surface area contributed by atoms with Gasteiger partial charge < -0.3 is 15.0 Å². The second-order valence-corrected chi connectivity index (χ2v) is 8.04. The van der Waals surface area contributed by atoms with Crippen molar-refractivity contribution in [2.75, 3.05) is 17.2 Å². The fourth-order valence-electron chi connectivity index (χ4n) is 4.83. The number of aryl methyl sites for hydroxylation is 1. The molecule has 3 aromatic heterocycles. The Bertz CT molecular complexity index is 1030. The lowest BCUT2D eigenvalue weighted by Crippen LogP contribution is -2.47. The summed E-state index contributed by atoms with van der Waals surface area (Å²) in [6.45, 7) is 2.86. The molecule has 2 aliphatic rings. The van der Waals surface area contributed by atoms with E-state index in [0.717, 1.165) is 42.4 Å². The highest BCUT2D eigenvalue weighted by molar-refractivity contribution is 5.70. The van der Waals surface area contributed by atoms with E-state index in [1.54, 1.807) is 6.20 Å². The number of anilines is 3. The van der Waals surface area contributed by atoms with Crippen LogP contribution in [0.15, 0.2) is 24.7 Å². The molecular weight excluding hydrogens is 366 g/mol. The van der Waals surface area contributed by atoms with E-state index in [9.17, 15) is 0 Å². The van der Waals surface area contributed by atoms with E-state index >= 15 is 0 Å². The molecule has 0 spiro atoms. The molecule has 2 saturated heterocycles. The van der Waals surface area contributed by atoms with Crippen LogP contribution in [0.3, 0.4) is 0 Å². The molecule has 3 aromatic rings. The molecule has 0 aromatic carbocycles. The number of aromatic nitrogens is 5. The van der Waals surface area contributed by atoms with Crippen molar-refractivity contribution in [2.45, 2.75) is 57.2 Å². The lowest BCUT2D eigenvalue weighted by Gasteiger charge is -2.39. The Morgan fingerprint density at radius 3 is 2.83 bits per heavy atom. The lowest BCUT2D eigenvalue weighted by atomic mass is 9.97. The highest BCUT2D eigenvalue weighted by Crippen LogP contribution is 2.36. The van der Waals surface area contributed by atoms with Crippen LogP contribution in [0.1, 0.15) is 37.8 Å². The van der Waals surface area contributed by atoms with Gasteiger partial charge in [-0.25, -0.2) is 9.97 Å². The Morgan fingerprint density at radius 2 is 2.10 bits per heavy atom. The Hall–Kier alpha value is -3.12. The fourth-order valence-corrected chi connectivity index (χ4v) is 4.83. The molecule has 29 heavy (non-hydrogen) atoms. The number of imidazole rings is 1. The van der Waals surface area contributed by atoms with E-state index in [2.05, 4.69) is 36.8 Å². The van der Waals surface area contributed by atoms with Crippen LogP contribution in [0.4, 0.5) is 17.5 Å². The largest absolute Gasteiger partial charge is 0.366 e. The predicted molar refractivity (Wildman–Crippen MR) is 110 cm³/mol. The van der Waals surface area contributed by atoms with Gasteiger partial charge in [0.15, 0.2) is 17.3 Å². The van der Waals surface area contributed by atoms with Gasteiger partial charge in [0, 0.05) is 55.2 Å². The number of hydrogen-bond donors (Lipinski definition) is 3. The van der Waals surface area contributed by atoms with Crippen LogP contribution in [-0.4, -0.2) is 54.1 Å². The molecule has 0 aliphatic carbocycles. The summed E-state index contributed by atoms with van der Waals surface area (Å²) in [5, 5.41) is 23.0. The molecule has 1 unspecified atom stereocenters. The van der Waals surface area contributed by atoms with E-state index < -0.39 is 0 Å². The van der Waals surface area contributed by atoms with E-state index in [1.807, 2.05) is 29.8 Å². The van der Waals surface area contributed by atoms with Crippen molar-refractivity contribution in [1.82, 2.24) is 29.5 Å². The van der Waals surface area contributed by atoms with E-state index in [1.165, 1.54) is 12.8 Å². The average Bonchev–Trinajstić information content (AvgIpc) is 3.39. The first-order valence-corrected chi connectivity index (χ1v) is 10.2. The number of H-pyrrole nitrogens is 1. The maximum Gasteiger partial charge on any atom is 0.180 e. The minimum atomic E-state index is 0.389. The molecule has 2 aliphatic heterocycles. The van der Waals surface area contributed by atoms with Gasteiger partial charge in [-0.15, -0.1) is 0 Å². The van der Waals surface area contributed by atoms with Gasteiger partial charge in [0.2, 0.25) is 0 Å². The summed E-state index contributed by atoms with van der Waals surface area (Å²) < 4.78 is 1.98. The van der Waals surface area contributed by atoms with Crippen molar-refractivity contribution in [3.63, 3.8) is 0 Å². The summed E-state index contributed by atoms with van der Waals surface area (Å²) in [4.78, 5) is 11.8. The van der Waals surface area contributed by atoms with Crippen molar-refractivity contribution in [2.24, 2.45) is 0 Å². The first-order valence-electron chi connectivity index (χ1n) is 10.2. The number of aromatic amines is 1. The molecule has 9 nitrogen and oxygen atoms in total. The highest BCUT2D eigenvalue weighted by Gasteiger charge is 2.40. The third-order valence-corrected chi connectivity index (χ3v) is 6.04. The van der Waals surface area contributed by atoms with Crippen LogP contribution in [0, 0.1) is 18.3 Å². The summed E-state index contributed by atoms with van der Waals surface area (Å²) in [6.07, 6.45) is 11.0. The van der Waals surface area contributed by atoms with Crippen molar-refractivity contribution >= 4 is 23.1 Å². The van der Waals surface area contributed by atoms with Crippen LogP contribution < -0.4 is 10.6 Å². The number of nitriles is 1. The Balaban J connectivity index is 1.34. The average molecular weight is 391 g/mol. The quantitative estimate of drug-likeness (QED) is 0.593. The van der Waals surface area contributed by atoms with Gasteiger partial charge in [0.05, 0.1) is 12.3 Å². The number of nitrogens with zero attached hydrogens (tertiary/aromatic N) is 6. The molecule has 5 heterocycles. The highest BCUT2D eigenvalue weighted by atomic mass is 15.2. The third kappa shape index (κ3) is 3.51. The van der Waals surface area contributed by atoms with Gasteiger partial charge in [-0.1, -0.05) is 0 Å². The van der Waals surface area contributed by atoms with E-state index in [4.69, 9.17) is 10.2 Å². The second kappa shape index (κ2) is 7.37. The van der Waals surface area contributed by atoms with Gasteiger partial charge in [-0.2, -0.15) is 10.4 Å². The van der Waals surface area contributed by atoms with E-state index in [0.29, 0.717) is 30.4 Å². The lowest BCUT2D eigenvalue weighted by molar-refractivity contribution is 0.135. The first kappa shape index (κ1) is 17.9. The Morgan fingerprint density at radius 1 is 1.28 bits per heavy atom. The maximum atomic E-state index is 8.92. The molecule has 5 rings (SSSR count). The summed E-state index contributed by atoms with van der Waals surface area (Å²) >= 11 is 0. The summed E-state index contributed by atoms with van der Waals surface area (Å²) in [5.41, 5.74) is 1.75. The topological polar surface area (TPSA) is 110 Å². The molecule has 9 heteroatoms. The van der Waals surface area contributed by atoms with Gasteiger partial charge in [0.25, 0.3) is 0 Å². The zero-order valence-corrected chi connectivity index (χ0v) is 16.5. The van der Waals surface area contributed by atoms with Crippen molar-refractivity contribution in [1.29, 1.82) is 5.26 Å². The third-order valence-electron chi connectivity index (χ3n) is 6.04. The van der Waals surface area contributed by atoms with Gasteiger partial charge in [0.1, 0.15) is 5.82 Å². The monoisotopic (exact) mass is 391 g/mol. The van der Waals surface area contributed by atoms with Crippen LogP contribution in [0.2, 0.25) is 0 Å². The Labute approximate surface area is 169 Å². The minimum Gasteiger partial charge on any atom is -0.366 e. The van der Waals surface area contributed by atoms with Gasteiger partial charge >= 0.3 is 0 Å². The van der Waals surface area contributed by atoms with E-state index in [-0.39, 0.29) is 0 Å². The minimum absolute atomic E-state index is 0.389. The summed E-state index contributed by atoms with van der Waals surface area (Å²) in [5.74, 6) is 2.24. The molecular formula is C20H25N9. The summed E-state index contributed by atoms with van der Waals surface area (Å²) in [6, 6.07) is 5.76. The number of piperidine rings is 1. The first-order chi connectivity index (χ1) is 14.2. The van der Waals surface area contributed by atoms with Gasteiger partial charge in [-0.05, 0) is 32.6 Å². The maximum absolute atomic E-state index is 8.92. The predicted octanol–water partition coefficient (Wildman–Crippen LogP) is 2.83. The zero-order valence-electron chi connectivity index (χ0n) is 16.5. The second-order valence-electron chi connectivity index (χ2n) is 8.04. The number of hydrogen-bond acceptors (Lipinski definition) is 7. The molecule has 0 amide bonds. The number of rotatable bonds is 6. The van der Waals surface area contributed by atoms with Crippen LogP contribution >= 0.6 is 0 Å². The fraction of sp³-hybridized carbons (Fsp3) is 0.500. The summed E-state index contributed by atoms with van der Waals surface area (Å²) in [7, 11) is 0. The molecule has 150 valence electrons. The smallest absolute Gasteiger partial charge is 0.180 e. The van der Waals surface area contributed by atoms with Crippen molar-refractivity contribution < 1.29 is 0 Å². The Kier molecular flexibility index (Phi) is 4.56. The molecule has 0 radical (unpaired) electrons.